The molecule has 52 valence electrons. The molecule has 0 amide bonds. The summed E-state index contributed by atoms with van der Waals surface area (Å²) >= 11 is 0. The zero-order chi connectivity index (χ0) is 7.14. The lowest BCUT2D eigenvalue weighted by Gasteiger charge is -1.82. The molecule has 0 aromatic carbocycles. The number of rotatable bonds is 0. The molecule has 1 aromatic rings. The van der Waals surface area contributed by atoms with E-state index in [1.165, 1.54) is 0 Å². The molecule has 0 unspecified atom stereocenters. The van der Waals surface area contributed by atoms with Gasteiger partial charge in [0.25, 0.3) is 0 Å². The Morgan fingerprint density at radius 1 is 1.50 bits per heavy atom. The third-order valence-electron chi connectivity index (χ3n) is 1.76. The van der Waals surface area contributed by atoms with E-state index in [4.69, 9.17) is 0 Å². The van der Waals surface area contributed by atoms with Crippen molar-refractivity contribution in [3.8, 4) is 0 Å². The van der Waals surface area contributed by atoms with Crippen LogP contribution in [0.25, 0.3) is 0 Å². The second-order valence-electron chi connectivity index (χ2n) is 2.57. The second-order valence-corrected chi connectivity index (χ2v) is 2.57. The summed E-state index contributed by atoms with van der Waals surface area (Å²) in [7, 11) is 0. The molecular formula is C7H8N2O. The van der Waals surface area contributed by atoms with Crippen molar-refractivity contribution in [3.05, 3.63) is 17.2 Å². The van der Waals surface area contributed by atoms with Gasteiger partial charge in [0, 0.05) is 12.1 Å². The first-order valence-electron chi connectivity index (χ1n) is 3.36. The first kappa shape index (κ1) is 5.65. The largest absolute Gasteiger partial charge is 0.345 e. The lowest BCUT2D eigenvalue weighted by atomic mass is 10.3. The number of imidazole rings is 1. The zero-order valence-corrected chi connectivity index (χ0v) is 5.77. The maximum absolute atomic E-state index is 11.0. The summed E-state index contributed by atoms with van der Waals surface area (Å²) in [5, 5.41) is 0. The molecule has 1 aliphatic rings. The summed E-state index contributed by atoms with van der Waals surface area (Å²) in [6, 6.07) is 0. The fourth-order valence-corrected chi connectivity index (χ4v) is 1.31. The minimum atomic E-state index is 0.180. The fourth-order valence-electron chi connectivity index (χ4n) is 1.31. The molecule has 1 aliphatic carbocycles. The summed E-state index contributed by atoms with van der Waals surface area (Å²) in [6.45, 7) is 1.87. The van der Waals surface area contributed by atoms with Gasteiger partial charge >= 0.3 is 0 Å². The molecule has 0 atom stereocenters. The number of Topliss-reactive ketones (excluding diaryl/α,β-unsaturated/α-hetero) is 1. The zero-order valence-electron chi connectivity index (χ0n) is 5.77. The highest BCUT2D eigenvalue weighted by molar-refractivity contribution is 5.98. The average Bonchev–Trinajstić information content (AvgIpc) is 2.35. The van der Waals surface area contributed by atoms with Crippen molar-refractivity contribution < 1.29 is 4.79 Å². The van der Waals surface area contributed by atoms with Crippen LogP contribution in [-0.4, -0.2) is 15.8 Å². The number of aryl methyl sites for hydroxylation is 2. The van der Waals surface area contributed by atoms with Gasteiger partial charge in [0.1, 0.15) is 11.5 Å². The van der Waals surface area contributed by atoms with Gasteiger partial charge in [-0.05, 0) is 13.3 Å². The molecule has 1 aromatic heterocycles. The van der Waals surface area contributed by atoms with Crippen LogP contribution in [-0.2, 0) is 6.42 Å². The van der Waals surface area contributed by atoms with Crippen LogP contribution in [0.1, 0.15) is 28.4 Å². The van der Waals surface area contributed by atoms with Crippen molar-refractivity contribution in [1.29, 1.82) is 0 Å². The maximum Gasteiger partial charge on any atom is 0.183 e. The predicted octanol–water partition coefficient (Wildman–Crippen LogP) is 0.847. The van der Waals surface area contributed by atoms with Crippen LogP contribution >= 0.6 is 0 Å². The van der Waals surface area contributed by atoms with Crippen LogP contribution in [0.3, 0.4) is 0 Å². The first-order chi connectivity index (χ1) is 4.77. The van der Waals surface area contributed by atoms with Crippen LogP contribution in [0, 0.1) is 6.92 Å². The second kappa shape index (κ2) is 1.68. The van der Waals surface area contributed by atoms with Crippen molar-refractivity contribution in [2.75, 3.05) is 0 Å². The maximum atomic E-state index is 11.0. The fraction of sp³-hybridized carbons (Fsp3) is 0.429. The molecule has 1 heterocycles. The van der Waals surface area contributed by atoms with Crippen molar-refractivity contribution in [3.63, 3.8) is 0 Å². The molecule has 1 N–H and O–H groups in total. The molecule has 3 nitrogen and oxygen atoms in total. The van der Waals surface area contributed by atoms with Gasteiger partial charge in [-0.25, -0.2) is 4.98 Å². The van der Waals surface area contributed by atoms with Gasteiger partial charge in [0.05, 0.1) is 0 Å². The quantitative estimate of drug-likeness (QED) is 0.574. The van der Waals surface area contributed by atoms with Gasteiger partial charge in [-0.1, -0.05) is 0 Å². The van der Waals surface area contributed by atoms with Gasteiger partial charge in [-0.15, -0.1) is 0 Å². The Morgan fingerprint density at radius 3 is 3.00 bits per heavy atom. The minimum Gasteiger partial charge on any atom is -0.345 e. The Labute approximate surface area is 58.5 Å². The van der Waals surface area contributed by atoms with Crippen molar-refractivity contribution >= 4 is 5.78 Å². The van der Waals surface area contributed by atoms with Crippen molar-refractivity contribution in [1.82, 2.24) is 9.97 Å². The Morgan fingerprint density at radius 2 is 2.30 bits per heavy atom. The number of carbonyl (C=O) groups excluding carboxylic acids is 1. The summed E-state index contributed by atoms with van der Waals surface area (Å²) in [4.78, 5) is 18.1. The number of carbonyl (C=O) groups is 1. The van der Waals surface area contributed by atoms with Gasteiger partial charge in [-0.2, -0.15) is 0 Å². The lowest BCUT2D eigenvalue weighted by molar-refractivity contribution is 0.0990. The summed E-state index contributed by atoms with van der Waals surface area (Å²) < 4.78 is 0. The number of nitrogens with zero attached hydrogens (tertiary/aromatic N) is 1. The normalized spacial score (nSPS) is 15.9. The monoisotopic (exact) mass is 136 g/mol. The first-order valence-corrected chi connectivity index (χ1v) is 3.36. The number of fused-ring (bicyclic) bond motifs is 1. The van der Waals surface area contributed by atoms with Gasteiger partial charge < -0.3 is 4.98 Å². The summed E-state index contributed by atoms with van der Waals surface area (Å²) in [5.41, 5.74) is 1.68. The Bertz CT molecular complexity index is 288. The van der Waals surface area contributed by atoms with E-state index in [-0.39, 0.29) is 5.78 Å². The van der Waals surface area contributed by atoms with E-state index in [9.17, 15) is 4.79 Å². The van der Waals surface area contributed by atoms with E-state index < -0.39 is 0 Å². The standard InChI is InChI=1S/C7H8N2O/c1-4-8-5-2-3-6(10)7(5)9-4/h2-3H2,1H3,(H,8,9). The SMILES string of the molecule is Cc1nc2c([nH]1)CCC2=O. The number of hydrogen-bond donors (Lipinski definition) is 1. The van der Waals surface area contributed by atoms with Crippen LogP contribution in [0.15, 0.2) is 0 Å². The number of aromatic nitrogens is 2. The van der Waals surface area contributed by atoms with Crippen LogP contribution in [0.5, 0.6) is 0 Å². The van der Waals surface area contributed by atoms with E-state index in [1.807, 2.05) is 6.92 Å². The number of aromatic amines is 1. The highest BCUT2D eigenvalue weighted by Crippen LogP contribution is 2.18. The summed E-state index contributed by atoms with van der Waals surface area (Å²) in [5.74, 6) is 1.03. The van der Waals surface area contributed by atoms with Gasteiger partial charge in [-0.3, -0.25) is 4.79 Å². The highest BCUT2D eigenvalue weighted by Gasteiger charge is 2.22. The van der Waals surface area contributed by atoms with E-state index >= 15 is 0 Å². The molecule has 2 rings (SSSR count). The highest BCUT2D eigenvalue weighted by atomic mass is 16.1. The van der Waals surface area contributed by atoms with Crippen LogP contribution in [0.4, 0.5) is 0 Å². The molecule has 3 heteroatoms. The predicted molar refractivity (Wildman–Crippen MR) is 36.0 cm³/mol. The lowest BCUT2D eigenvalue weighted by Crippen LogP contribution is -1.91. The van der Waals surface area contributed by atoms with Crippen LogP contribution in [0.2, 0.25) is 0 Å². The van der Waals surface area contributed by atoms with E-state index in [0.717, 1.165) is 17.9 Å². The number of H-pyrrole nitrogens is 1. The third-order valence-corrected chi connectivity index (χ3v) is 1.76. The van der Waals surface area contributed by atoms with Crippen molar-refractivity contribution in [2.45, 2.75) is 19.8 Å². The van der Waals surface area contributed by atoms with E-state index in [1.54, 1.807) is 0 Å². The number of ketones is 1. The molecule has 0 fully saturated rings. The Kier molecular flexibility index (Phi) is 0.952. The van der Waals surface area contributed by atoms with Gasteiger partial charge in [0.2, 0.25) is 0 Å². The molecule has 0 saturated heterocycles. The summed E-state index contributed by atoms with van der Waals surface area (Å²) in [6.07, 6.45) is 1.48. The van der Waals surface area contributed by atoms with Crippen molar-refractivity contribution in [2.24, 2.45) is 0 Å². The molecular weight excluding hydrogens is 128 g/mol. The Hall–Kier alpha value is -1.12. The molecule has 10 heavy (non-hydrogen) atoms. The molecule has 0 radical (unpaired) electrons. The molecule has 0 aliphatic heterocycles. The minimum absolute atomic E-state index is 0.180. The third kappa shape index (κ3) is 0.602. The molecule has 0 bridgehead atoms. The Balaban J connectivity index is 2.59. The number of hydrogen-bond acceptors (Lipinski definition) is 2. The van der Waals surface area contributed by atoms with E-state index in [2.05, 4.69) is 9.97 Å². The van der Waals surface area contributed by atoms with E-state index in [0.29, 0.717) is 12.1 Å². The van der Waals surface area contributed by atoms with Crippen LogP contribution < -0.4 is 0 Å². The van der Waals surface area contributed by atoms with Gasteiger partial charge in [0.15, 0.2) is 5.78 Å². The number of nitrogens with one attached hydrogen (secondary N) is 1. The molecule has 0 saturated carbocycles. The smallest absolute Gasteiger partial charge is 0.183 e. The average molecular weight is 136 g/mol. The topological polar surface area (TPSA) is 45.8 Å². The molecule has 0 spiro atoms.